The van der Waals surface area contributed by atoms with Crippen molar-refractivity contribution in [2.24, 2.45) is 0 Å². The van der Waals surface area contributed by atoms with Crippen molar-refractivity contribution in [1.29, 1.82) is 0 Å². The van der Waals surface area contributed by atoms with E-state index < -0.39 is 0 Å². The smallest absolute Gasteiger partial charge is 0.00156 e. The lowest BCUT2D eigenvalue weighted by Gasteiger charge is -2.13. The van der Waals surface area contributed by atoms with Crippen LogP contribution in [0, 0.1) is 6.92 Å². The van der Waals surface area contributed by atoms with E-state index in [4.69, 9.17) is 0 Å². The molecule has 0 N–H and O–H groups in total. The highest BCUT2D eigenvalue weighted by Crippen LogP contribution is 2.10. The Labute approximate surface area is 93.1 Å². The fraction of sp³-hybridized carbons (Fsp3) is 0.571. The molecular formula is C14H21N. The van der Waals surface area contributed by atoms with Gasteiger partial charge in [-0.1, -0.05) is 29.8 Å². The molecular weight excluding hydrogens is 182 g/mol. The number of likely N-dealkylation sites (tertiary alicyclic amines) is 1. The van der Waals surface area contributed by atoms with E-state index in [0.717, 1.165) is 0 Å². The number of hydrogen-bond acceptors (Lipinski definition) is 1. The molecule has 1 aromatic carbocycles. The lowest BCUT2D eigenvalue weighted by Crippen LogP contribution is -2.20. The number of rotatable bonds is 4. The summed E-state index contributed by atoms with van der Waals surface area (Å²) in [4.78, 5) is 2.59. The van der Waals surface area contributed by atoms with Crippen LogP contribution in [0.4, 0.5) is 0 Å². The topological polar surface area (TPSA) is 3.24 Å². The van der Waals surface area contributed by atoms with Gasteiger partial charge in [-0.15, -0.1) is 0 Å². The summed E-state index contributed by atoms with van der Waals surface area (Å²) in [5.74, 6) is 0. The molecule has 1 nitrogen and oxygen atoms in total. The summed E-state index contributed by atoms with van der Waals surface area (Å²) in [5.41, 5.74) is 2.88. The minimum atomic E-state index is 1.23. The van der Waals surface area contributed by atoms with Gasteiger partial charge in [0.15, 0.2) is 0 Å². The molecule has 82 valence electrons. The maximum Gasteiger partial charge on any atom is -0.00156 e. The molecule has 0 aliphatic carbocycles. The van der Waals surface area contributed by atoms with Gasteiger partial charge in [0.05, 0.1) is 0 Å². The zero-order chi connectivity index (χ0) is 10.5. The summed E-state index contributed by atoms with van der Waals surface area (Å²) in [6.07, 6.45) is 5.36. The molecule has 1 heterocycles. The van der Waals surface area contributed by atoms with Crippen molar-refractivity contribution >= 4 is 0 Å². The van der Waals surface area contributed by atoms with Crippen molar-refractivity contribution in [3.8, 4) is 0 Å². The zero-order valence-corrected chi connectivity index (χ0v) is 9.71. The van der Waals surface area contributed by atoms with Gasteiger partial charge in [-0.3, -0.25) is 0 Å². The van der Waals surface area contributed by atoms with E-state index in [-0.39, 0.29) is 0 Å². The first-order chi connectivity index (χ1) is 7.34. The number of aryl methyl sites for hydroxylation is 2. The molecule has 0 radical (unpaired) electrons. The van der Waals surface area contributed by atoms with Gasteiger partial charge in [0.2, 0.25) is 0 Å². The van der Waals surface area contributed by atoms with Crippen LogP contribution in [0.25, 0.3) is 0 Å². The van der Waals surface area contributed by atoms with Gasteiger partial charge < -0.3 is 4.90 Å². The molecule has 0 aromatic heterocycles. The molecule has 0 unspecified atom stereocenters. The third-order valence-corrected chi connectivity index (χ3v) is 3.22. The Kier molecular flexibility index (Phi) is 3.79. The van der Waals surface area contributed by atoms with Crippen molar-refractivity contribution in [3.05, 3.63) is 35.4 Å². The van der Waals surface area contributed by atoms with Gasteiger partial charge in [0.1, 0.15) is 0 Å². The summed E-state index contributed by atoms with van der Waals surface area (Å²) < 4.78 is 0. The van der Waals surface area contributed by atoms with Crippen LogP contribution in [-0.4, -0.2) is 24.5 Å². The molecule has 0 amide bonds. The third kappa shape index (κ3) is 3.35. The van der Waals surface area contributed by atoms with Crippen LogP contribution in [0.3, 0.4) is 0 Å². The number of nitrogens with zero attached hydrogens (tertiary/aromatic N) is 1. The van der Waals surface area contributed by atoms with Crippen molar-refractivity contribution < 1.29 is 0 Å². The summed E-state index contributed by atoms with van der Waals surface area (Å²) in [6, 6.07) is 8.89. The summed E-state index contributed by atoms with van der Waals surface area (Å²) in [6.45, 7) is 6.11. The molecule has 1 aliphatic heterocycles. The minimum absolute atomic E-state index is 1.23. The Balaban J connectivity index is 1.73. The van der Waals surface area contributed by atoms with Crippen LogP contribution in [0.15, 0.2) is 24.3 Å². The van der Waals surface area contributed by atoms with Gasteiger partial charge in [0, 0.05) is 0 Å². The summed E-state index contributed by atoms with van der Waals surface area (Å²) >= 11 is 0. The third-order valence-electron chi connectivity index (χ3n) is 3.22. The highest BCUT2D eigenvalue weighted by atomic mass is 15.1. The Bertz CT molecular complexity index is 300. The van der Waals surface area contributed by atoms with Crippen LogP contribution in [0.2, 0.25) is 0 Å². The molecule has 0 spiro atoms. The molecule has 0 saturated carbocycles. The molecule has 1 heteroatoms. The normalized spacial score (nSPS) is 17.1. The van der Waals surface area contributed by atoms with Crippen LogP contribution < -0.4 is 0 Å². The Hall–Kier alpha value is -0.820. The molecule has 1 saturated heterocycles. The minimum Gasteiger partial charge on any atom is -0.303 e. The van der Waals surface area contributed by atoms with Gasteiger partial charge >= 0.3 is 0 Å². The zero-order valence-electron chi connectivity index (χ0n) is 9.71. The largest absolute Gasteiger partial charge is 0.303 e. The lowest BCUT2D eigenvalue weighted by molar-refractivity contribution is 0.334. The van der Waals surface area contributed by atoms with Crippen molar-refractivity contribution in [1.82, 2.24) is 4.90 Å². The fourth-order valence-corrected chi connectivity index (χ4v) is 2.38. The first-order valence-electron chi connectivity index (χ1n) is 6.12. The first kappa shape index (κ1) is 10.7. The van der Waals surface area contributed by atoms with Gasteiger partial charge in [0.25, 0.3) is 0 Å². The maximum absolute atomic E-state index is 2.59. The van der Waals surface area contributed by atoms with Crippen LogP contribution in [0.5, 0.6) is 0 Å². The van der Waals surface area contributed by atoms with Crippen molar-refractivity contribution in [2.45, 2.75) is 32.6 Å². The predicted molar refractivity (Wildman–Crippen MR) is 65.2 cm³/mol. The van der Waals surface area contributed by atoms with Gasteiger partial charge in [-0.05, 0) is 57.8 Å². The quantitative estimate of drug-likeness (QED) is 0.727. The molecule has 1 fully saturated rings. The highest BCUT2D eigenvalue weighted by Gasteiger charge is 2.10. The second-order valence-corrected chi connectivity index (χ2v) is 4.64. The molecule has 0 atom stereocenters. The molecule has 15 heavy (non-hydrogen) atoms. The van der Waals surface area contributed by atoms with E-state index in [1.807, 2.05) is 0 Å². The van der Waals surface area contributed by atoms with Crippen LogP contribution in [0.1, 0.15) is 30.4 Å². The number of benzene rings is 1. The lowest BCUT2D eigenvalue weighted by atomic mass is 10.1. The van der Waals surface area contributed by atoms with E-state index in [9.17, 15) is 0 Å². The van der Waals surface area contributed by atoms with E-state index in [2.05, 4.69) is 36.1 Å². The monoisotopic (exact) mass is 203 g/mol. The molecule has 2 rings (SSSR count). The van der Waals surface area contributed by atoms with Gasteiger partial charge in [-0.25, -0.2) is 0 Å². The fourth-order valence-electron chi connectivity index (χ4n) is 2.38. The summed E-state index contributed by atoms with van der Waals surface area (Å²) in [7, 11) is 0. The van der Waals surface area contributed by atoms with Crippen molar-refractivity contribution in [2.75, 3.05) is 19.6 Å². The van der Waals surface area contributed by atoms with Crippen LogP contribution >= 0.6 is 0 Å². The van der Waals surface area contributed by atoms with Crippen molar-refractivity contribution in [3.63, 3.8) is 0 Å². The molecule has 0 bridgehead atoms. The van der Waals surface area contributed by atoms with E-state index in [0.29, 0.717) is 0 Å². The molecule has 1 aliphatic rings. The average molecular weight is 203 g/mol. The Morgan fingerprint density at radius 1 is 1.20 bits per heavy atom. The highest BCUT2D eigenvalue weighted by molar-refractivity contribution is 5.22. The van der Waals surface area contributed by atoms with Crippen LogP contribution in [-0.2, 0) is 6.42 Å². The average Bonchev–Trinajstić information content (AvgIpc) is 2.71. The number of hydrogen-bond donors (Lipinski definition) is 0. The predicted octanol–water partition coefficient (Wildman–Crippen LogP) is 3.02. The first-order valence-corrected chi connectivity index (χ1v) is 6.12. The maximum atomic E-state index is 2.59. The Morgan fingerprint density at radius 3 is 2.73 bits per heavy atom. The second-order valence-electron chi connectivity index (χ2n) is 4.64. The second kappa shape index (κ2) is 5.32. The Morgan fingerprint density at radius 2 is 2.00 bits per heavy atom. The SMILES string of the molecule is Cc1cccc(CCCN2CCCC2)c1. The summed E-state index contributed by atoms with van der Waals surface area (Å²) in [5, 5.41) is 0. The van der Waals surface area contributed by atoms with E-state index in [1.165, 1.54) is 56.4 Å². The van der Waals surface area contributed by atoms with E-state index in [1.54, 1.807) is 0 Å². The van der Waals surface area contributed by atoms with Gasteiger partial charge in [-0.2, -0.15) is 0 Å². The molecule has 1 aromatic rings. The van der Waals surface area contributed by atoms with E-state index >= 15 is 0 Å². The standard InChI is InChI=1S/C14H21N/c1-13-6-4-7-14(12-13)8-5-11-15-9-2-3-10-15/h4,6-7,12H,2-3,5,8-11H2,1H3.